The van der Waals surface area contributed by atoms with Crippen molar-refractivity contribution < 1.29 is 18.7 Å². The number of para-hydroxylation sites is 2. The second kappa shape index (κ2) is 7.09. The summed E-state index contributed by atoms with van der Waals surface area (Å²) >= 11 is 1.62. The summed E-state index contributed by atoms with van der Waals surface area (Å²) in [5, 5.41) is 10.4. The Kier molecular flexibility index (Phi) is 4.49. The van der Waals surface area contributed by atoms with Crippen LogP contribution < -0.4 is 14.8 Å². The van der Waals surface area contributed by atoms with Crippen LogP contribution in [0.1, 0.15) is 0 Å². The lowest BCUT2D eigenvalue weighted by Crippen LogP contribution is -2.40. The van der Waals surface area contributed by atoms with Crippen molar-refractivity contribution in [2.75, 3.05) is 18.2 Å². The van der Waals surface area contributed by atoms with Gasteiger partial charge in [-0.15, -0.1) is 16.9 Å². The van der Waals surface area contributed by atoms with Crippen molar-refractivity contribution in [2.24, 2.45) is 0 Å². The van der Waals surface area contributed by atoms with E-state index in [1.54, 1.807) is 23.9 Å². The third-order valence-electron chi connectivity index (χ3n) is 3.77. The van der Waals surface area contributed by atoms with Gasteiger partial charge in [-0.05, 0) is 36.6 Å². The van der Waals surface area contributed by atoms with E-state index in [0.717, 1.165) is 10.5 Å². The Morgan fingerprint density at radius 2 is 2.00 bits per heavy atom. The van der Waals surface area contributed by atoms with Gasteiger partial charge in [0.2, 0.25) is 12.0 Å². The summed E-state index contributed by atoms with van der Waals surface area (Å²) in [5.74, 6) is 1.07. The molecule has 132 valence electrons. The first kappa shape index (κ1) is 16.5. The summed E-state index contributed by atoms with van der Waals surface area (Å²) in [6.45, 7) is 0.111. The molecule has 1 amide bonds. The summed E-state index contributed by atoms with van der Waals surface area (Å²) in [4.78, 5) is 13.5. The van der Waals surface area contributed by atoms with E-state index in [1.807, 2.05) is 42.7 Å². The molecule has 0 spiro atoms. The minimum atomic E-state index is -0.792. The number of carbonyl (C=O) groups is 1. The zero-order valence-corrected chi connectivity index (χ0v) is 14.7. The number of aromatic nitrogens is 2. The van der Waals surface area contributed by atoms with E-state index in [4.69, 9.17) is 13.9 Å². The van der Waals surface area contributed by atoms with Crippen LogP contribution in [0.2, 0.25) is 0 Å². The molecule has 4 rings (SSSR count). The van der Waals surface area contributed by atoms with Crippen molar-refractivity contribution in [2.45, 2.75) is 11.0 Å². The molecule has 1 aromatic heterocycles. The Labute approximate surface area is 153 Å². The van der Waals surface area contributed by atoms with Crippen LogP contribution in [0.5, 0.6) is 11.5 Å². The van der Waals surface area contributed by atoms with E-state index in [9.17, 15) is 4.79 Å². The standard InChI is InChI=1S/C18H15N3O4S/c1-26-12-6-4-5-11(9-12)17-20-21-18(25-17)19-16(22)15-10-23-13-7-2-3-8-14(13)24-15/h2-9,15H,10H2,1H3,(H,19,21,22)/t15-/m0/s1. The summed E-state index contributed by atoms with van der Waals surface area (Å²) < 4.78 is 16.7. The van der Waals surface area contributed by atoms with E-state index in [2.05, 4.69) is 15.5 Å². The predicted molar refractivity (Wildman–Crippen MR) is 96.5 cm³/mol. The van der Waals surface area contributed by atoms with Crippen LogP contribution >= 0.6 is 11.8 Å². The average molecular weight is 369 g/mol. The number of rotatable bonds is 4. The van der Waals surface area contributed by atoms with Gasteiger partial charge in [0.15, 0.2) is 11.5 Å². The highest BCUT2D eigenvalue weighted by atomic mass is 32.2. The fraction of sp³-hybridized carbons (Fsp3) is 0.167. The maximum absolute atomic E-state index is 12.4. The molecule has 2 heterocycles. The van der Waals surface area contributed by atoms with Gasteiger partial charge in [-0.1, -0.05) is 23.3 Å². The lowest BCUT2D eigenvalue weighted by atomic mass is 10.2. The first-order chi connectivity index (χ1) is 12.7. The smallest absolute Gasteiger partial charge is 0.322 e. The molecule has 7 nitrogen and oxygen atoms in total. The number of anilines is 1. The van der Waals surface area contributed by atoms with Crippen molar-refractivity contribution in [1.29, 1.82) is 0 Å². The van der Waals surface area contributed by atoms with Gasteiger partial charge < -0.3 is 13.9 Å². The number of benzene rings is 2. The first-order valence-corrected chi connectivity index (χ1v) is 9.12. The highest BCUT2D eigenvalue weighted by molar-refractivity contribution is 7.98. The third kappa shape index (κ3) is 3.36. The monoisotopic (exact) mass is 369 g/mol. The van der Waals surface area contributed by atoms with Gasteiger partial charge in [0.05, 0.1) is 0 Å². The normalized spacial score (nSPS) is 15.5. The quantitative estimate of drug-likeness (QED) is 0.707. The van der Waals surface area contributed by atoms with Gasteiger partial charge in [0.25, 0.3) is 5.91 Å². The van der Waals surface area contributed by atoms with E-state index < -0.39 is 12.0 Å². The zero-order valence-electron chi connectivity index (χ0n) is 13.8. The van der Waals surface area contributed by atoms with Crippen LogP contribution in [0.25, 0.3) is 11.5 Å². The molecule has 1 atom stereocenters. The number of hydrogen-bond acceptors (Lipinski definition) is 7. The fourth-order valence-corrected chi connectivity index (χ4v) is 2.94. The summed E-state index contributed by atoms with van der Waals surface area (Å²) in [7, 11) is 0. The number of fused-ring (bicyclic) bond motifs is 1. The van der Waals surface area contributed by atoms with E-state index in [-0.39, 0.29) is 12.6 Å². The SMILES string of the molecule is CSc1cccc(-c2nnc(NC(=O)[C@@H]3COc4ccccc4O3)o2)c1. The van der Waals surface area contributed by atoms with Crippen LogP contribution in [0.3, 0.4) is 0 Å². The molecule has 0 fully saturated rings. The largest absolute Gasteiger partial charge is 0.485 e. The highest BCUT2D eigenvalue weighted by Crippen LogP contribution is 2.31. The second-order valence-corrected chi connectivity index (χ2v) is 6.38. The van der Waals surface area contributed by atoms with Crippen molar-refractivity contribution in [3.8, 4) is 23.0 Å². The molecule has 26 heavy (non-hydrogen) atoms. The summed E-state index contributed by atoms with van der Waals surface area (Å²) in [6, 6.07) is 14.9. The van der Waals surface area contributed by atoms with Gasteiger partial charge in [-0.25, -0.2) is 0 Å². The van der Waals surface area contributed by atoms with Crippen LogP contribution in [0, 0.1) is 0 Å². The number of nitrogens with zero attached hydrogens (tertiary/aromatic N) is 2. The first-order valence-electron chi connectivity index (χ1n) is 7.90. The van der Waals surface area contributed by atoms with Crippen LogP contribution in [0.15, 0.2) is 57.8 Å². The van der Waals surface area contributed by atoms with Crippen molar-refractivity contribution >= 4 is 23.7 Å². The molecule has 1 N–H and O–H groups in total. The summed E-state index contributed by atoms with van der Waals surface area (Å²) in [6.07, 6.45) is 1.20. The highest BCUT2D eigenvalue weighted by Gasteiger charge is 2.28. The van der Waals surface area contributed by atoms with Gasteiger partial charge in [0, 0.05) is 10.5 Å². The number of ether oxygens (including phenoxy) is 2. The molecule has 0 saturated heterocycles. The van der Waals surface area contributed by atoms with Gasteiger partial charge in [-0.2, -0.15) is 0 Å². The molecule has 1 aliphatic rings. The molecule has 8 heteroatoms. The molecule has 0 radical (unpaired) electrons. The lowest BCUT2D eigenvalue weighted by molar-refractivity contribution is -0.125. The molecular weight excluding hydrogens is 354 g/mol. The maximum Gasteiger partial charge on any atom is 0.322 e. The molecule has 2 aromatic carbocycles. The topological polar surface area (TPSA) is 86.5 Å². The van der Waals surface area contributed by atoms with Crippen molar-refractivity contribution in [3.63, 3.8) is 0 Å². The van der Waals surface area contributed by atoms with Gasteiger partial charge in [0.1, 0.15) is 6.61 Å². The number of carbonyl (C=O) groups excluding carboxylic acids is 1. The average Bonchev–Trinajstić information content (AvgIpc) is 3.16. The maximum atomic E-state index is 12.4. The minimum absolute atomic E-state index is 0.0158. The second-order valence-electron chi connectivity index (χ2n) is 5.50. The van der Waals surface area contributed by atoms with Gasteiger partial charge in [-0.3, -0.25) is 10.1 Å². The predicted octanol–water partition coefficient (Wildman–Crippen LogP) is 3.24. The van der Waals surface area contributed by atoms with Crippen LogP contribution in [0.4, 0.5) is 6.01 Å². The number of hydrogen-bond donors (Lipinski definition) is 1. The van der Waals surface area contributed by atoms with Crippen LogP contribution in [-0.2, 0) is 4.79 Å². The van der Waals surface area contributed by atoms with Crippen LogP contribution in [-0.4, -0.2) is 35.1 Å². The lowest BCUT2D eigenvalue weighted by Gasteiger charge is -2.24. The van der Waals surface area contributed by atoms with Gasteiger partial charge >= 0.3 is 6.01 Å². The van der Waals surface area contributed by atoms with E-state index in [1.165, 1.54) is 0 Å². The third-order valence-corrected chi connectivity index (χ3v) is 4.50. The molecule has 3 aromatic rings. The molecule has 0 bridgehead atoms. The van der Waals surface area contributed by atoms with E-state index >= 15 is 0 Å². The number of amides is 1. The zero-order chi connectivity index (χ0) is 17.9. The molecule has 0 saturated carbocycles. The van der Waals surface area contributed by atoms with Crippen molar-refractivity contribution in [3.05, 3.63) is 48.5 Å². The summed E-state index contributed by atoms with van der Waals surface area (Å²) in [5.41, 5.74) is 0.788. The fourth-order valence-electron chi connectivity index (χ4n) is 2.48. The molecular formula is C18H15N3O4S. The van der Waals surface area contributed by atoms with Crippen molar-refractivity contribution in [1.82, 2.24) is 10.2 Å². The number of nitrogens with one attached hydrogen (secondary N) is 1. The Morgan fingerprint density at radius 3 is 2.85 bits per heavy atom. The van der Waals surface area contributed by atoms with E-state index in [0.29, 0.717) is 17.4 Å². The molecule has 1 aliphatic heterocycles. The Hall–Kier alpha value is -3.00. The number of thioether (sulfide) groups is 1. The Morgan fingerprint density at radius 1 is 1.15 bits per heavy atom. The minimum Gasteiger partial charge on any atom is -0.485 e. The Balaban J connectivity index is 1.45. The molecule has 0 aliphatic carbocycles. The molecule has 0 unspecified atom stereocenters. The Bertz CT molecular complexity index is 943.